The zero-order valence-electron chi connectivity index (χ0n) is 25.4. The number of aromatic amines is 1. The molecular formula is C44H28N2O. The molecule has 8 aromatic carbocycles. The second kappa shape index (κ2) is 10.1. The Morgan fingerprint density at radius 3 is 1.77 bits per heavy atom. The molecule has 2 aromatic heterocycles. The Bertz CT molecular complexity index is 2740. The smallest absolute Gasteiger partial charge is 0.135 e. The quantitative estimate of drug-likeness (QED) is 0.218. The fourth-order valence-corrected chi connectivity index (χ4v) is 7.26. The van der Waals surface area contributed by atoms with Crippen LogP contribution in [0.5, 0.6) is 0 Å². The minimum absolute atomic E-state index is 0.896. The average molecular weight is 601 g/mol. The molecule has 0 aliphatic heterocycles. The normalized spacial score (nSPS) is 11.8. The molecule has 0 aliphatic carbocycles. The number of para-hydroxylation sites is 2. The maximum atomic E-state index is 6.21. The predicted octanol–water partition coefficient (Wildman–Crippen LogP) is 12.7. The molecule has 0 bridgehead atoms. The van der Waals surface area contributed by atoms with Crippen molar-refractivity contribution >= 4 is 82.4 Å². The van der Waals surface area contributed by atoms with E-state index in [9.17, 15) is 0 Å². The molecule has 2 heterocycles. The number of nitrogens with zero attached hydrogens (tertiary/aromatic N) is 1. The van der Waals surface area contributed by atoms with Crippen LogP contribution in [0.3, 0.4) is 0 Å². The van der Waals surface area contributed by atoms with E-state index in [2.05, 4.69) is 162 Å². The highest BCUT2D eigenvalue weighted by Gasteiger charge is 2.20. The van der Waals surface area contributed by atoms with Gasteiger partial charge in [0.1, 0.15) is 11.2 Å². The molecule has 47 heavy (non-hydrogen) atoms. The molecule has 220 valence electrons. The molecule has 3 nitrogen and oxygen atoms in total. The van der Waals surface area contributed by atoms with Gasteiger partial charge in [0.2, 0.25) is 0 Å². The summed E-state index contributed by atoms with van der Waals surface area (Å²) in [5.74, 6) is 0. The van der Waals surface area contributed by atoms with Gasteiger partial charge in [-0.2, -0.15) is 0 Å². The summed E-state index contributed by atoms with van der Waals surface area (Å²) in [4.78, 5) is 6.17. The van der Waals surface area contributed by atoms with E-state index >= 15 is 0 Å². The van der Waals surface area contributed by atoms with Crippen molar-refractivity contribution in [2.45, 2.75) is 0 Å². The highest BCUT2D eigenvalue weighted by Crippen LogP contribution is 2.44. The van der Waals surface area contributed by atoms with Crippen molar-refractivity contribution in [3.8, 4) is 11.1 Å². The molecular weight excluding hydrogens is 572 g/mol. The van der Waals surface area contributed by atoms with Crippen LogP contribution in [0.25, 0.3) is 76.4 Å². The van der Waals surface area contributed by atoms with E-state index in [1.165, 1.54) is 32.3 Å². The first kappa shape index (κ1) is 26.0. The Kier molecular flexibility index (Phi) is 5.57. The summed E-state index contributed by atoms with van der Waals surface area (Å²) in [6.07, 6.45) is 0. The minimum atomic E-state index is 0.896. The fraction of sp³-hybridized carbons (Fsp3) is 0. The van der Waals surface area contributed by atoms with Crippen LogP contribution in [0, 0.1) is 0 Å². The average Bonchev–Trinajstić information content (AvgIpc) is 3.69. The van der Waals surface area contributed by atoms with Crippen LogP contribution in [-0.4, -0.2) is 4.98 Å². The zero-order valence-corrected chi connectivity index (χ0v) is 25.4. The summed E-state index contributed by atoms with van der Waals surface area (Å²) >= 11 is 0. The SMILES string of the molecule is c1ccc2cc(N(c3ccc4ccccc4c3)c3cc(-c4ccc5oc6ccccc6c5c4)c4[nH]c5ccccc5c4c3)ccc2c1. The van der Waals surface area contributed by atoms with Crippen molar-refractivity contribution in [3.05, 3.63) is 164 Å². The maximum Gasteiger partial charge on any atom is 0.135 e. The summed E-state index contributed by atoms with van der Waals surface area (Å²) in [5.41, 5.74) is 9.65. The molecule has 1 N–H and O–H groups in total. The van der Waals surface area contributed by atoms with Crippen LogP contribution in [-0.2, 0) is 0 Å². The van der Waals surface area contributed by atoms with E-state index in [4.69, 9.17) is 4.42 Å². The lowest BCUT2D eigenvalue weighted by Crippen LogP contribution is -2.10. The Morgan fingerprint density at radius 2 is 1.02 bits per heavy atom. The number of rotatable bonds is 4. The number of nitrogens with one attached hydrogen (secondary N) is 1. The molecule has 10 rings (SSSR count). The van der Waals surface area contributed by atoms with E-state index in [-0.39, 0.29) is 0 Å². The molecule has 0 fully saturated rings. The first-order valence-electron chi connectivity index (χ1n) is 16.0. The molecule has 0 radical (unpaired) electrons. The highest BCUT2D eigenvalue weighted by molar-refractivity contribution is 6.15. The number of hydrogen-bond donors (Lipinski definition) is 1. The van der Waals surface area contributed by atoms with Crippen molar-refractivity contribution in [1.29, 1.82) is 0 Å². The van der Waals surface area contributed by atoms with Crippen LogP contribution in [0.4, 0.5) is 17.1 Å². The molecule has 0 spiro atoms. The number of benzene rings is 8. The van der Waals surface area contributed by atoms with Gasteiger partial charge in [-0.3, -0.25) is 0 Å². The largest absolute Gasteiger partial charge is 0.456 e. The summed E-state index contributed by atoms with van der Waals surface area (Å²) in [6, 6.07) is 58.8. The Morgan fingerprint density at radius 1 is 0.404 bits per heavy atom. The number of aromatic nitrogens is 1. The Labute approximate surface area is 270 Å². The lowest BCUT2D eigenvalue weighted by atomic mass is 9.98. The third-order valence-corrected chi connectivity index (χ3v) is 9.53. The standard InChI is InChI=1S/C44H28N2O/c1-3-11-30-23-33(20-17-28(30)9-1)46(34-21-18-29-10-2-4-12-31(29)24-34)35-26-38(44-40(27-35)36-13-5-7-15-41(36)45-44)32-19-22-43-39(25-32)37-14-6-8-16-42(37)47-43/h1-27,45H. The van der Waals surface area contributed by atoms with Gasteiger partial charge in [0.25, 0.3) is 0 Å². The van der Waals surface area contributed by atoms with Gasteiger partial charge < -0.3 is 14.3 Å². The molecule has 3 heteroatoms. The van der Waals surface area contributed by atoms with E-state index in [1.54, 1.807) is 0 Å². The zero-order chi connectivity index (χ0) is 30.9. The number of anilines is 3. The summed E-state index contributed by atoms with van der Waals surface area (Å²) in [5, 5.41) is 9.51. The highest BCUT2D eigenvalue weighted by atomic mass is 16.3. The summed E-state index contributed by atoms with van der Waals surface area (Å²) < 4.78 is 6.21. The van der Waals surface area contributed by atoms with Crippen LogP contribution in [0.2, 0.25) is 0 Å². The first-order valence-corrected chi connectivity index (χ1v) is 16.0. The lowest BCUT2D eigenvalue weighted by molar-refractivity contribution is 0.669. The maximum absolute atomic E-state index is 6.21. The van der Waals surface area contributed by atoms with E-state index in [0.717, 1.165) is 61.2 Å². The topological polar surface area (TPSA) is 32.2 Å². The molecule has 0 atom stereocenters. The lowest BCUT2D eigenvalue weighted by Gasteiger charge is -2.27. The van der Waals surface area contributed by atoms with Gasteiger partial charge >= 0.3 is 0 Å². The van der Waals surface area contributed by atoms with E-state index in [0.29, 0.717) is 0 Å². The number of hydrogen-bond acceptors (Lipinski definition) is 2. The molecule has 0 saturated heterocycles. The molecule has 0 saturated carbocycles. The number of furan rings is 1. The van der Waals surface area contributed by atoms with Crippen molar-refractivity contribution in [3.63, 3.8) is 0 Å². The predicted molar refractivity (Wildman–Crippen MR) is 198 cm³/mol. The molecule has 0 unspecified atom stereocenters. The second-order valence-corrected chi connectivity index (χ2v) is 12.3. The van der Waals surface area contributed by atoms with Gasteiger partial charge in [-0.15, -0.1) is 0 Å². The number of fused-ring (bicyclic) bond motifs is 8. The summed E-state index contributed by atoms with van der Waals surface area (Å²) in [7, 11) is 0. The van der Waals surface area contributed by atoms with Gasteiger partial charge in [0.15, 0.2) is 0 Å². The van der Waals surface area contributed by atoms with Crippen LogP contribution >= 0.6 is 0 Å². The van der Waals surface area contributed by atoms with Crippen LogP contribution in [0.1, 0.15) is 0 Å². The summed E-state index contributed by atoms with van der Waals surface area (Å²) in [6.45, 7) is 0. The Balaban J connectivity index is 1.28. The van der Waals surface area contributed by atoms with E-state index in [1.807, 2.05) is 12.1 Å². The van der Waals surface area contributed by atoms with Crippen LogP contribution in [0.15, 0.2) is 168 Å². The van der Waals surface area contributed by atoms with Gasteiger partial charge in [0.05, 0.1) is 5.52 Å². The monoisotopic (exact) mass is 600 g/mol. The Hall–Kier alpha value is -6.32. The molecule has 0 amide bonds. The molecule has 0 aliphatic rings. The van der Waals surface area contributed by atoms with E-state index < -0.39 is 0 Å². The van der Waals surface area contributed by atoms with Gasteiger partial charge in [-0.25, -0.2) is 0 Å². The first-order chi connectivity index (χ1) is 23.3. The number of H-pyrrole nitrogens is 1. The van der Waals surface area contributed by atoms with Gasteiger partial charge in [-0.1, -0.05) is 103 Å². The minimum Gasteiger partial charge on any atom is -0.456 e. The van der Waals surface area contributed by atoms with Crippen molar-refractivity contribution in [2.75, 3.05) is 4.90 Å². The molecule has 10 aromatic rings. The third kappa shape index (κ3) is 4.14. The van der Waals surface area contributed by atoms with Crippen LogP contribution < -0.4 is 4.90 Å². The third-order valence-electron chi connectivity index (χ3n) is 9.53. The van der Waals surface area contributed by atoms with Crippen molar-refractivity contribution < 1.29 is 4.42 Å². The van der Waals surface area contributed by atoms with Crippen molar-refractivity contribution in [2.24, 2.45) is 0 Å². The van der Waals surface area contributed by atoms with Gasteiger partial charge in [0, 0.05) is 49.7 Å². The fourth-order valence-electron chi connectivity index (χ4n) is 7.26. The van der Waals surface area contributed by atoms with Crippen molar-refractivity contribution in [1.82, 2.24) is 4.98 Å². The van der Waals surface area contributed by atoms with Gasteiger partial charge in [-0.05, 0) is 87.8 Å². The second-order valence-electron chi connectivity index (χ2n) is 12.3.